The summed E-state index contributed by atoms with van der Waals surface area (Å²) >= 11 is 17.8. The lowest BCUT2D eigenvalue weighted by Gasteiger charge is -2.05. The van der Waals surface area contributed by atoms with E-state index >= 15 is 0 Å². The van der Waals surface area contributed by atoms with E-state index in [0.29, 0.717) is 26.7 Å². The molecule has 0 atom stereocenters. The molecule has 0 unspecified atom stereocenters. The average Bonchev–Trinajstić information content (AvgIpc) is 2.28. The van der Waals surface area contributed by atoms with Crippen LogP contribution in [-0.2, 0) is 6.42 Å². The summed E-state index contributed by atoms with van der Waals surface area (Å²) in [4.78, 5) is 12.7. The number of nitrogens with zero attached hydrogens (tertiary/aromatic N) is 3. The Hall–Kier alpha value is -0.900. The fourth-order valence-electron chi connectivity index (χ4n) is 1.53. The van der Waals surface area contributed by atoms with Crippen molar-refractivity contribution < 1.29 is 0 Å². The van der Waals surface area contributed by atoms with E-state index in [1.54, 1.807) is 12.1 Å². The van der Waals surface area contributed by atoms with E-state index < -0.39 is 0 Å². The zero-order valence-electron chi connectivity index (χ0n) is 9.62. The lowest BCUT2D eigenvalue weighted by molar-refractivity contribution is 0.874. The minimum atomic E-state index is 0.385. The number of aromatic nitrogens is 3. The molecule has 2 aromatic rings. The van der Waals surface area contributed by atoms with E-state index in [9.17, 15) is 0 Å². The zero-order valence-corrected chi connectivity index (χ0v) is 11.9. The second-order valence-corrected chi connectivity index (χ2v) is 4.97. The molecule has 0 aromatic carbocycles. The first-order chi connectivity index (χ1) is 8.60. The van der Waals surface area contributed by atoms with Crippen molar-refractivity contribution in [1.29, 1.82) is 0 Å². The van der Waals surface area contributed by atoms with Gasteiger partial charge in [-0.1, -0.05) is 48.1 Å². The molecule has 0 saturated carbocycles. The van der Waals surface area contributed by atoms with Crippen molar-refractivity contribution in [2.24, 2.45) is 0 Å². The van der Waals surface area contributed by atoms with E-state index in [1.165, 1.54) is 6.20 Å². The van der Waals surface area contributed by atoms with Crippen molar-refractivity contribution in [1.82, 2.24) is 15.0 Å². The first kappa shape index (κ1) is 13.5. The van der Waals surface area contributed by atoms with Crippen molar-refractivity contribution in [2.75, 3.05) is 0 Å². The summed E-state index contributed by atoms with van der Waals surface area (Å²) in [6, 6.07) is 3.35. The van der Waals surface area contributed by atoms with E-state index in [1.807, 2.05) is 0 Å². The lowest BCUT2D eigenvalue weighted by Crippen LogP contribution is -1.98. The van der Waals surface area contributed by atoms with Gasteiger partial charge < -0.3 is 0 Å². The van der Waals surface area contributed by atoms with Crippen LogP contribution in [-0.4, -0.2) is 15.0 Å². The number of hydrogen-bond donors (Lipinski definition) is 0. The Morgan fingerprint density at radius 3 is 2.56 bits per heavy atom. The predicted molar refractivity (Wildman–Crippen MR) is 74.3 cm³/mol. The summed E-state index contributed by atoms with van der Waals surface area (Å²) in [5.74, 6) is 0.424. The molecule has 0 aliphatic heterocycles. The van der Waals surface area contributed by atoms with Crippen LogP contribution in [0.3, 0.4) is 0 Å². The van der Waals surface area contributed by atoms with Crippen LogP contribution in [0.5, 0.6) is 0 Å². The van der Waals surface area contributed by atoms with Gasteiger partial charge in [0, 0.05) is 11.9 Å². The molecule has 2 rings (SSSR count). The first-order valence-corrected chi connectivity index (χ1v) is 6.58. The van der Waals surface area contributed by atoms with Gasteiger partial charge in [-0.2, -0.15) is 0 Å². The van der Waals surface area contributed by atoms with Crippen molar-refractivity contribution in [2.45, 2.75) is 19.8 Å². The second kappa shape index (κ2) is 5.83. The molecule has 0 amide bonds. The maximum atomic E-state index is 6.08. The molecule has 6 heteroatoms. The molecule has 0 bridgehead atoms. The molecule has 2 heterocycles. The van der Waals surface area contributed by atoms with Crippen LogP contribution in [0.2, 0.25) is 15.2 Å². The van der Waals surface area contributed by atoms with Crippen LogP contribution in [0.1, 0.15) is 19.0 Å². The maximum Gasteiger partial charge on any atom is 0.181 e. The summed E-state index contributed by atoms with van der Waals surface area (Å²) in [5, 5.41) is 1.27. The normalized spacial score (nSPS) is 10.7. The molecule has 18 heavy (non-hydrogen) atoms. The highest BCUT2D eigenvalue weighted by Gasteiger charge is 2.11. The Labute approximate surface area is 120 Å². The summed E-state index contributed by atoms with van der Waals surface area (Å²) in [6.45, 7) is 2.07. The summed E-state index contributed by atoms with van der Waals surface area (Å²) in [6.07, 6.45) is 3.32. The van der Waals surface area contributed by atoms with Gasteiger partial charge in [0.2, 0.25) is 0 Å². The minimum absolute atomic E-state index is 0.385. The summed E-state index contributed by atoms with van der Waals surface area (Å²) in [7, 11) is 0. The molecule has 0 radical (unpaired) electrons. The van der Waals surface area contributed by atoms with Gasteiger partial charge >= 0.3 is 0 Å². The zero-order chi connectivity index (χ0) is 13.1. The highest BCUT2D eigenvalue weighted by Crippen LogP contribution is 2.26. The number of aryl methyl sites for hydroxylation is 1. The Balaban J connectivity index is 2.49. The van der Waals surface area contributed by atoms with Crippen LogP contribution >= 0.6 is 34.8 Å². The SMILES string of the molecule is CCCc1cc(Cl)nc(-c2ncc(Cl)cc2Cl)n1. The molecular weight excluding hydrogens is 293 g/mol. The minimum Gasteiger partial charge on any atom is -0.250 e. The second-order valence-electron chi connectivity index (χ2n) is 3.74. The number of pyridine rings is 1. The molecule has 94 valence electrons. The topological polar surface area (TPSA) is 38.7 Å². The van der Waals surface area contributed by atoms with Crippen LogP contribution in [0.4, 0.5) is 0 Å². The third-order valence-corrected chi connectivity index (χ3v) is 2.96. The van der Waals surface area contributed by atoms with Gasteiger partial charge in [0.05, 0.1) is 10.0 Å². The monoisotopic (exact) mass is 301 g/mol. The van der Waals surface area contributed by atoms with E-state index in [0.717, 1.165) is 18.5 Å². The standard InChI is InChI=1S/C12H10Cl3N3/c1-2-3-8-5-10(15)18-12(17-8)11-9(14)4-7(13)6-16-11/h4-6H,2-3H2,1H3. The van der Waals surface area contributed by atoms with E-state index in [4.69, 9.17) is 34.8 Å². The number of halogens is 3. The van der Waals surface area contributed by atoms with Gasteiger partial charge in [-0.3, -0.25) is 0 Å². The Morgan fingerprint density at radius 2 is 1.89 bits per heavy atom. The van der Waals surface area contributed by atoms with E-state index in [2.05, 4.69) is 21.9 Å². The number of rotatable bonds is 3. The number of hydrogen-bond acceptors (Lipinski definition) is 3. The van der Waals surface area contributed by atoms with Gasteiger partial charge in [-0.05, 0) is 18.6 Å². The third kappa shape index (κ3) is 3.10. The smallest absolute Gasteiger partial charge is 0.181 e. The molecule has 0 N–H and O–H groups in total. The fourth-order valence-corrected chi connectivity index (χ4v) is 2.20. The highest BCUT2D eigenvalue weighted by molar-refractivity contribution is 6.36. The molecule has 0 spiro atoms. The van der Waals surface area contributed by atoms with Crippen molar-refractivity contribution in [3.05, 3.63) is 39.2 Å². The molecule has 2 aromatic heterocycles. The quantitative estimate of drug-likeness (QED) is 0.786. The van der Waals surface area contributed by atoms with Crippen molar-refractivity contribution in [3.63, 3.8) is 0 Å². The first-order valence-electron chi connectivity index (χ1n) is 5.45. The van der Waals surface area contributed by atoms with Gasteiger partial charge in [0.25, 0.3) is 0 Å². The van der Waals surface area contributed by atoms with Crippen LogP contribution < -0.4 is 0 Å². The van der Waals surface area contributed by atoms with E-state index in [-0.39, 0.29) is 0 Å². The molecule has 0 aliphatic rings. The van der Waals surface area contributed by atoms with Gasteiger partial charge in [0.1, 0.15) is 10.8 Å². The lowest BCUT2D eigenvalue weighted by atomic mass is 10.2. The Kier molecular flexibility index (Phi) is 4.38. The highest BCUT2D eigenvalue weighted by atomic mass is 35.5. The molecule has 0 fully saturated rings. The van der Waals surface area contributed by atoms with Crippen LogP contribution in [0.15, 0.2) is 18.3 Å². The summed E-state index contributed by atoms with van der Waals surface area (Å²) in [5.41, 5.74) is 1.36. The Morgan fingerprint density at radius 1 is 1.11 bits per heavy atom. The predicted octanol–water partition coefficient (Wildman–Crippen LogP) is 4.45. The Bertz CT molecular complexity index is 572. The molecular formula is C12H10Cl3N3. The largest absolute Gasteiger partial charge is 0.250 e. The summed E-state index contributed by atoms with van der Waals surface area (Å²) < 4.78 is 0. The maximum absolute atomic E-state index is 6.08. The average molecular weight is 303 g/mol. The molecule has 0 aliphatic carbocycles. The molecule has 0 saturated heterocycles. The van der Waals surface area contributed by atoms with Crippen molar-refractivity contribution >= 4 is 34.8 Å². The van der Waals surface area contributed by atoms with Crippen LogP contribution in [0, 0.1) is 0 Å². The third-order valence-electron chi connectivity index (χ3n) is 2.27. The van der Waals surface area contributed by atoms with Crippen LogP contribution in [0.25, 0.3) is 11.5 Å². The molecule has 3 nitrogen and oxygen atoms in total. The fraction of sp³-hybridized carbons (Fsp3) is 0.250. The van der Waals surface area contributed by atoms with Gasteiger partial charge in [-0.15, -0.1) is 0 Å². The van der Waals surface area contributed by atoms with Gasteiger partial charge in [-0.25, -0.2) is 15.0 Å². The van der Waals surface area contributed by atoms with Crippen molar-refractivity contribution in [3.8, 4) is 11.5 Å². The van der Waals surface area contributed by atoms with Gasteiger partial charge in [0.15, 0.2) is 5.82 Å².